The van der Waals surface area contributed by atoms with Gasteiger partial charge in [0.15, 0.2) is 0 Å². The largest absolute Gasteiger partial charge is 0.393 e. The van der Waals surface area contributed by atoms with E-state index in [1.165, 1.54) is 0 Å². The smallest absolute Gasteiger partial charge is 0.0540 e. The highest BCUT2D eigenvalue weighted by Crippen LogP contribution is 2.15. The van der Waals surface area contributed by atoms with Crippen molar-refractivity contribution in [3.63, 3.8) is 0 Å². The van der Waals surface area contributed by atoms with Gasteiger partial charge in [-0.3, -0.25) is 0 Å². The Morgan fingerprint density at radius 3 is 2.55 bits per heavy atom. The molecular weight excluding hydrogens is 136 g/mol. The third-order valence-corrected chi connectivity index (χ3v) is 2.08. The first kappa shape index (κ1) is 10.7. The van der Waals surface area contributed by atoms with Crippen LogP contribution in [-0.2, 0) is 0 Å². The second-order valence-corrected chi connectivity index (χ2v) is 2.96. The SMILES string of the molecule is [CH2]C=CCCC(CC)C(C)O. The summed E-state index contributed by atoms with van der Waals surface area (Å²) in [7, 11) is 0. The lowest BCUT2D eigenvalue weighted by Gasteiger charge is -2.16. The van der Waals surface area contributed by atoms with Gasteiger partial charge in [0.2, 0.25) is 0 Å². The Morgan fingerprint density at radius 1 is 1.55 bits per heavy atom. The molecule has 0 aliphatic rings. The van der Waals surface area contributed by atoms with Crippen molar-refractivity contribution < 1.29 is 5.11 Å². The molecule has 2 atom stereocenters. The van der Waals surface area contributed by atoms with Gasteiger partial charge in [-0.15, -0.1) is 0 Å². The van der Waals surface area contributed by atoms with Crippen molar-refractivity contribution in [2.24, 2.45) is 5.92 Å². The predicted molar refractivity (Wildman–Crippen MR) is 49.2 cm³/mol. The van der Waals surface area contributed by atoms with E-state index < -0.39 is 0 Å². The van der Waals surface area contributed by atoms with E-state index in [0.717, 1.165) is 19.3 Å². The fourth-order valence-corrected chi connectivity index (χ4v) is 1.21. The summed E-state index contributed by atoms with van der Waals surface area (Å²) in [5, 5.41) is 9.27. The highest BCUT2D eigenvalue weighted by Gasteiger charge is 2.10. The van der Waals surface area contributed by atoms with Crippen LogP contribution in [0.25, 0.3) is 0 Å². The topological polar surface area (TPSA) is 20.2 Å². The summed E-state index contributed by atoms with van der Waals surface area (Å²) < 4.78 is 0. The summed E-state index contributed by atoms with van der Waals surface area (Å²) in [6.07, 6.45) is 6.86. The molecule has 2 unspecified atom stereocenters. The Morgan fingerprint density at radius 2 is 2.18 bits per heavy atom. The molecule has 0 bridgehead atoms. The minimum absolute atomic E-state index is 0.168. The van der Waals surface area contributed by atoms with Crippen LogP contribution in [0.3, 0.4) is 0 Å². The Bertz CT molecular complexity index is 105. The zero-order valence-corrected chi connectivity index (χ0v) is 7.59. The molecule has 0 aliphatic carbocycles. The first-order valence-electron chi connectivity index (χ1n) is 4.34. The molecule has 1 heteroatoms. The van der Waals surface area contributed by atoms with Crippen molar-refractivity contribution in [3.8, 4) is 0 Å². The lowest BCUT2D eigenvalue weighted by molar-refractivity contribution is 0.118. The van der Waals surface area contributed by atoms with Gasteiger partial charge in [-0.1, -0.05) is 25.5 Å². The molecule has 0 fully saturated rings. The zero-order valence-electron chi connectivity index (χ0n) is 7.59. The monoisotopic (exact) mass is 155 g/mol. The van der Waals surface area contributed by atoms with Gasteiger partial charge in [0.25, 0.3) is 0 Å². The van der Waals surface area contributed by atoms with E-state index in [0.29, 0.717) is 5.92 Å². The van der Waals surface area contributed by atoms with Crippen molar-refractivity contribution >= 4 is 0 Å². The maximum Gasteiger partial charge on any atom is 0.0540 e. The number of aliphatic hydroxyl groups excluding tert-OH is 1. The fraction of sp³-hybridized carbons (Fsp3) is 0.700. The molecule has 11 heavy (non-hydrogen) atoms. The van der Waals surface area contributed by atoms with Gasteiger partial charge < -0.3 is 5.11 Å². The minimum atomic E-state index is -0.168. The van der Waals surface area contributed by atoms with Gasteiger partial charge in [-0.05, 0) is 32.6 Å². The summed E-state index contributed by atoms with van der Waals surface area (Å²) in [6.45, 7) is 7.59. The molecule has 65 valence electrons. The van der Waals surface area contributed by atoms with Gasteiger partial charge in [0.1, 0.15) is 0 Å². The van der Waals surface area contributed by atoms with Crippen LogP contribution in [-0.4, -0.2) is 11.2 Å². The van der Waals surface area contributed by atoms with E-state index in [2.05, 4.69) is 13.8 Å². The first-order chi connectivity index (χ1) is 5.22. The van der Waals surface area contributed by atoms with Crippen molar-refractivity contribution in [3.05, 3.63) is 19.1 Å². The number of allylic oxidation sites excluding steroid dienone is 2. The van der Waals surface area contributed by atoms with Crippen LogP contribution in [0, 0.1) is 12.8 Å². The maximum atomic E-state index is 9.27. The standard InChI is InChI=1S/C10H19O/c1-4-6-7-8-10(5-2)9(3)11/h4,6,9-11H,1,5,7-8H2,2-3H3. The van der Waals surface area contributed by atoms with Gasteiger partial charge >= 0.3 is 0 Å². The van der Waals surface area contributed by atoms with Crippen molar-refractivity contribution in [1.29, 1.82) is 0 Å². The van der Waals surface area contributed by atoms with Crippen LogP contribution < -0.4 is 0 Å². The third-order valence-electron chi connectivity index (χ3n) is 2.08. The number of rotatable bonds is 5. The summed E-state index contributed by atoms with van der Waals surface area (Å²) in [6, 6.07) is 0. The maximum absolute atomic E-state index is 9.27. The summed E-state index contributed by atoms with van der Waals surface area (Å²) in [5.74, 6) is 0.450. The number of hydrogen-bond acceptors (Lipinski definition) is 1. The van der Waals surface area contributed by atoms with Crippen molar-refractivity contribution in [2.45, 2.75) is 39.2 Å². The van der Waals surface area contributed by atoms with E-state index >= 15 is 0 Å². The molecule has 0 aromatic heterocycles. The van der Waals surface area contributed by atoms with E-state index in [9.17, 15) is 5.11 Å². The Kier molecular flexibility index (Phi) is 6.24. The number of aliphatic hydroxyl groups is 1. The van der Waals surface area contributed by atoms with Gasteiger partial charge in [-0.25, -0.2) is 0 Å². The molecule has 1 radical (unpaired) electrons. The Labute approximate surface area is 70.1 Å². The van der Waals surface area contributed by atoms with Crippen LogP contribution in [0.1, 0.15) is 33.1 Å². The first-order valence-corrected chi connectivity index (χ1v) is 4.34. The fourth-order valence-electron chi connectivity index (χ4n) is 1.21. The molecule has 0 heterocycles. The Hall–Kier alpha value is -0.300. The van der Waals surface area contributed by atoms with Crippen molar-refractivity contribution in [1.82, 2.24) is 0 Å². The third kappa shape index (κ3) is 5.02. The van der Waals surface area contributed by atoms with Gasteiger partial charge in [-0.2, -0.15) is 0 Å². The zero-order chi connectivity index (χ0) is 8.69. The Balaban J connectivity index is 3.52. The molecule has 0 aromatic carbocycles. The quantitative estimate of drug-likeness (QED) is 0.647. The molecule has 0 aliphatic heterocycles. The summed E-state index contributed by atoms with van der Waals surface area (Å²) >= 11 is 0. The van der Waals surface area contributed by atoms with Gasteiger partial charge in [0.05, 0.1) is 6.10 Å². The van der Waals surface area contributed by atoms with Crippen LogP contribution in [0.4, 0.5) is 0 Å². The summed E-state index contributed by atoms with van der Waals surface area (Å²) in [4.78, 5) is 0. The van der Waals surface area contributed by atoms with Crippen LogP contribution in [0.5, 0.6) is 0 Å². The van der Waals surface area contributed by atoms with Crippen LogP contribution in [0.2, 0.25) is 0 Å². The van der Waals surface area contributed by atoms with E-state index in [1.807, 2.05) is 19.1 Å². The van der Waals surface area contributed by atoms with E-state index in [-0.39, 0.29) is 6.10 Å². The lowest BCUT2D eigenvalue weighted by Crippen LogP contribution is -2.15. The van der Waals surface area contributed by atoms with Crippen molar-refractivity contribution in [2.75, 3.05) is 0 Å². The average Bonchev–Trinajstić information content (AvgIpc) is 1.97. The predicted octanol–water partition coefficient (Wildman–Crippen LogP) is 2.56. The second kappa shape index (κ2) is 6.41. The average molecular weight is 155 g/mol. The molecule has 1 nitrogen and oxygen atoms in total. The molecule has 0 amide bonds. The highest BCUT2D eigenvalue weighted by molar-refractivity contribution is 4.84. The summed E-state index contributed by atoms with van der Waals surface area (Å²) in [5.41, 5.74) is 0. The molecule has 0 saturated carbocycles. The highest BCUT2D eigenvalue weighted by atomic mass is 16.3. The van der Waals surface area contributed by atoms with Crippen LogP contribution in [0.15, 0.2) is 12.2 Å². The molecule has 0 spiro atoms. The van der Waals surface area contributed by atoms with E-state index in [4.69, 9.17) is 0 Å². The molecular formula is C10H19O. The molecule has 0 saturated heterocycles. The molecule has 1 N–H and O–H groups in total. The number of hydrogen-bond donors (Lipinski definition) is 1. The van der Waals surface area contributed by atoms with Crippen LogP contribution >= 0.6 is 0 Å². The molecule has 0 aromatic rings. The van der Waals surface area contributed by atoms with E-state index in [1.54, 1.807) is 0 Å². The van der Waals surface area contributed by atoms with Gasteiger partial charge in [0, 0.05) is 0 Å². The lowest BCUT2D eigenvalue weighted by atomic mass is 9.95. The minimum Gasteiger partial charge on any atom is -0.393 e. The normalized spacial score (nSPS) is 17.1. The second-order valence-electron chi connectivity index (χ2n) is 2.96. The molecule has 0 rings (SSSR count).